The molecule has 0 spiro atoms. The molecule has 0 amide bonds. The second-order valence-corrected chi connectivity index (χ2v) is 2.87. The summed E-state index contributed by atoms with van der Waals surface area (Å²) in [6.07, 6.45) is 0. The fourth-order valence-electron chi connectivity index (χ4n) is 1.31. The maximum Gasteiger partial charge on any atom is 0.0475 e. The first-order valence-electron chi connectivity index (χ1n) is 3.34. The summed E-state index contributed by atoms with van der Waals surface area (Å²) in [4.78, 5) is 0. The van der Waals surface area contributed by atoms with Gasteiger partial charge in [-0.1, -0.05) is 6.92 Å². The Hall–Kier alpha value is -0.120. The largest absolute Gasteiger partial charge is 0.396 e. The van der Waals surface area contributed by atoms with Crippen LogP contribution in [0.3, 0.4) is 0 Å². The van der Waals surface area contributed by atoms with E-state index in [1.807, 2.05) is 0 Å². The molecule has 0 aromatic rings. The van der Waals surface area contributed by atoms with Crippen molar-refractivity contribution in [2.75, 3.05) is 19.7 Å². The van der Waals surface area contributed by atoms with E-state index in [0.29, 0.717) is 11.8 Å². The Balaban J connectivity index is 2.38. The zero-order chi connectivity index (χ0) is 6.85. The first-order valence-corrected chi connectivity index (χ1v) is 3.34. The Labute approximate surface area is 55.4 Å². The molecular formula is C6H14N2O. The maximum atomic E-state index is 8.77. The van der Waals surface area contributed by atoms with E-state index >= 15 is 0 Å². The third-order valence-electron chi connectivity index (χ3n) is 2.03. The highest BCUT2D eigenvalue weighted by atomic mass is 16.3. The van der Waals surface area contributed by atoms with E-state index in [1.54, 1.807) is 5.01 Å². The summed E-state index contributed by atoms with van der Waals surface area (Å²) in [5.41, 5.74) is 0. The molecule has 1 aliphatic rings. The number of aliphatic hydroxyl groups is 1. The molecule has 9 heavy (non-hydrogen) atoms. The zero-order valence-electron chi connectivity index (χ0n) is 5.75. The lowest BCUT2D eigenvalue weighted by molar-refractivity contribution is 0.205. The molecule has 3 nitrogen and oxygen atoms in total. The average molecular weight is 130 g/mol. The quantitative estimate of drug-likeness (QED) is 0.467. The van der Waals surface area contributed by atoms with Gasteiger partial charge in [0.05, 0.1) is 0 Å². The molecule has 0 unspecified atom stereocenters. The van der Waals surface area contributed by atoms with Gasteiger partial charge in [0, 0.05) is 19.7 Å². The predicted octanol–water partition coefficient (Wildman–Crippen LogP) is -0.580. The van der Waals surface area contributed by atoms with E-state index in [2.05, 4.69) is 6.92 Å². The van der Waals surface area contributed by atoms with Crippen LogP contribution in [0.15, 0.2) is 0 Å². The van der Waals surface area contributed by atoms with Crippen LogP contribution in [0.2, 0.25) is 0 Å². The van der Waals surface area contributed by atoms with Crippen LogP contribution >= 0.6 is 0 Å². The van der Waals surface area contributed by atoms with Crippen molar-refractivity contribution in [3.63, 3.8) is 0 Å². The summed E-state index contributed by atoms with van der Waals surface area (Å²) in [5, 5.41) is 10.5. The predicted molar refractivity (Wildman–Crippen MR) is 35.5 cm³/mol. The van der Waals surface area contributed by atoms with E-state index in [9.17, 15) is 0 Å². The third kappa shape index (κ3) is 1.41. The number of rotatable bonds is 1. The Morgan fingerprint density at radius 1 is 1.67 bits per heavy atom. The first kappa shape index (κ1) is 6.99. The van der Waals surface area contributed by atoms with Crippen molar-refractivity contribution in [2.24, 2.45) is 17.7 Å². The SMILES string of the molecule is C[C@@H]1CN(N)C[C@H]1CO. The molecule has 1 fully saturated rings. The molecule has 0 saturated carbocycles. The van der Waals surface area contributed by atoms with Crippen molar-refractivity contribution in [3.05, 3.63) is 0 Å². The molecule has 0 aromatic carbocycles. The van der Waals surface area contributed by atoms with Gasteiger partial charge in [-0.25, -0.2) is 5.01 Å². The van der Waals surface area contributed by atoms with Crippen LogP contribution in [0.4, 0.5) is 0 Å². The van der Waals surface area contributed by atoms with Crippen molar-refractivity contribution in [2.45, 2.75) is 6.92 Å². The Morgan fingerprint density at radius 3 is 2.56 bits per heavy atom. The highest BCUT2D eigenvalue weighted by Crippen LogP contribution is 2.18. The Kier molecular flexibility index (Phi) is 2.05. The molecule has 0 radical (unpaired) electrons. The van der Waals surface area contributed by atoms with Gasteiger partial charge in [-0.15, -0.1) is 0 Å². The highest BCUT2D eigenvalue weighted by Gasteiger charge is 2.26. The summed E-state index contributed by atoms with van der Waals surface area (Å²) >= 11 is 0. The van der Waals surface area contributed by atoms with Crippen LogP contribution in [0.1, 0.15) is 6.92 Å². The molecule has 0 aromatic heterocycles. The molecule has 3 heteroatoms. The van der Waals surface area contributed by atoms with Gasteiger partial charge < -0.3 is 5.11 Å². The van der Waals surface area contributed by atoms with Gasteiger partial charge in [-0.2, -0.15) is 0 Å². The number of hydrogen-bond acceptors (Lipinski definition) is 3. The summed E-state index contributed by atoms with van der Waals surface area (Å²) in [6, 6.07) is 0. The van der Waals surface area contributed by atoms with Crippen molar-refractivity contribution >= 4 is 0 Å². The molecule has 1 aliphatic heterocycles. The maximum absolute atomic E-state index is 8.77. The van der Waals surface area contributed by atoms with Crippen LogP contribution < -0.4 is 5.84 Å². The molecule has 0 bridgehead atoms. The van der Waals surface area contributed by atoms with Gasteiger partial charge in [0.25, 0.3) is 0 Å². The number of aliphatic hydroxyl groups excluding tert-OH is 1. The second-order valence-electron chi connectivity index (χ2n) is 2.87. The van der Waals surface area contributed by atoms with Gasteiger partial charge in [-0.05, 0) is 11.8 Å². The summed E-state index contributed by atoms with van der Waals surface area (Å²) in [7, 11) is 0. The lowest BCUT2D eigenvalue weighted by Gasteiger charge is -2.07. The van der Waals surface area contributed by atoms with Crippen LogP contribution in [-0.4, -0.2) is 29.8 Å². The zero-order valence-corrected chi connectivity index (χ0v) is 5.75. The minimum Gasteiger partial charge on any atom is -0.396 e. The van der Waals surface area contributed by atoms with E-state index in [1.165, 1.54) is 0 Å². The lowest BCUT2D eigenvalue weighted by Crippen LogP contribution is -2.28. The van der Waals surface area contributed by atoms with Crippen molar-refractivity contribution in [3.8, 4) is 0 Å². The Morgan fingerprint density at radius 2 is 2.33 bits per heavy atom. The molecule has 0 aliphatic carbocycles. The minimum atomic E-state index is 0.273. The molecular weight excluding hydrogens is 116 g/mol. The fraction of sp³-hybridized carbons (Fsp3) is 1.00. The van der Waals surface area contributed by atoms with Crippen molar-refractivity contribution in [1.29, 1.82) is 0 Å². The van der Waals surface area contributed by atoms with E-state index in [0.717, 1.165) is 13.1 Å². The smallest absolute Gasteiger partial charge is 0.0475 e. The van der Waals surface area contributed by atoms with Crippen LogP contribution in [0.25, 0.3) is 0 Å². The monoisotopic (exact) mass is 130 g/mol. The van der Waals surface area contributed by atoms with E-state index < -0.39 is 0 Å². The molecule has 2 atom stereocenters. The van der Waals surface area contributed by atoms with E-state index in [4.69, 9.17) is 10.9 Å². The van der Waals surface area contributed by atoms with Gasteiger partial charge in [0.1, 0.15) is 0 Å². The van der Waals surface area contributed by atoms with Crippen LogP contribution in [-0.2, 0) is 0 Å². The van der Waals surface area contributed by atoms with E-state index in [-0.39, 0.29) is 6.61 Å². The lowest BCUT2D eigenvalue weighted by atomic mass is 10.00. The molecule has 1 heterocycles. The third-order valence-corrected chi connectivity index (χ3v) is 2.03. The molecule has 3 N–H and O–H groups in total. The van der Waals surface area contributed by atoms with Crippen LogP contribution in [0, 0.1) is 11.8 Å². The van der Waals surface area contributed by atoms with Crippen molar-refractivity contribution < 1.29 is 5.11 Å². The Bertz CT molecular complexity index is 97.1. The normalized spacial score (nSPS) is 37.7. The summed E-state index contributed by atoms with van der Waals surface area (Å²) in [6.45, 7) is 4.16. The topological polar surface area (TPSA) is 49.5 Å². The van der Waals surface area contributed by atoms with Gasteiger partial charge in [-0.3, -0.25) is 5.84 Å². The second kappa shape index (κ2) is 2.64. The summed E-state index contributed by atoms with van der Waals surface area (Å²) in [5.74, 6) is 6.47. The van der Waals surface area contributed by atoms with Gasteiger partial charge in [0.15, 0.2) is 0 Å². The highest BCUT2D eigenvalue weighted by molar-refractivity contribution is 4.77. The molecule has 54 valence electrons. The number of hydrazine groups is 1. The fourth-order valence-corrected chi connectivity index (χ4v) is 1.31. The van der Waals surface area contributed by atoms with Crippen molar-refractivity contribution in [1.82, 2.24) is 5.01 Å². The van der Waals surface area contributed by atoms with Gasteiger partial charge in [0.2, 0.25) is 0 Å². The van der Waals surface area contributed by atoms with Crippen LogP contribution in [0.5, 0.6) is 0 Å². The minimum absolute atomic E-state index is 0.273. The number of hydrogen-bond donors (Lipinski definition) is 2. The summed E-state index contributed by atoms with van der Waals surface area (Å²) < 4.78 is 0. The molecule has 1 saturated heterocycles. The average Bonchev–Trinajstić information content (AvgIpc) is 2.10. The first-order chi connectivity index (χ1) is 4.24. The standard InChI is InChI=1S/C6H14N2O/c1-5-2-8(7)3-6(5)4-9/h5-6,9H,2-4,7H2,1H3/t5-,6+/m1/s1. The molecule has 1 rings (SSSR count). The number of nitrogens with zero attached hydrogens (tertiary/aromatic N) is 1. The number of nitrogens with two attached hydrogens (primary N) is 1. The van der Waals surface area contributed by atoms with Gasteiger partial charge >= 0.3 is 0 Å².